The second kappa shape index (κ2) is 9.17. The van der Waals surface area contributed by atoms with Crippen molar-refractivity contribution < 1.29 is 9.59 Å². The van der Waals surface area contributed by atoms with E-state index in [0.717, 1.165) is 39.0 Å². The van der Waals surface area contributed by atoms with Gasteiger partial charge in [-0.1, -0.05) is 6.07 Å². The summed E-state index contributed by atoms with van der Waals surface area (Å²) < 4.78 is 0. The molecule has 150 valence electrons. The van der Waals surface area contributed by atoms with Crippen molar-refractivity contribution >= 4 is 23.2 Å². The molecule has 1 N–H and O–H groups in total. The van der Waals surface area contributed by atoms with Crippen LogP contribution in [0.1, 0.15) is 38.0 Å². The summed E-state index contributed by atoms with van der Waals surface area (Å²) in [6.45, 7) is 7.96. The van der Waals surface area contributed by atoms with Crippen molar-refractivity contribution in [2.75, 3.05) is 33.2 Å². The lowest BCUT2D eigenvalue weighted by Gasteiger charge is -2.33. The molecule has 3 heterocycles. The van der Waals surface area contributed by atoms with E-state index in [9.17, 15) is 9.59 Å². The fraction of sp³-hybridized carbons (Fsp3) is 0.700. The Balaban J connectivity index is 1.63. The summed E-state index contributed by atoms with van der Waals surface area (Å²) in [5.74, 6) is 0.352. The predicted molar refractivity (Wildman–Crippen MR) is 109 cm³/mol. The van der Waals surface area contributed by atoms with Crippen LogP contribution in [-0.4, -0.2) is 77.9 Å². The Morgan fingerprint density at radius 2 is 2.15 bits per heavy atom. The molecular formula is C20H32N4O2S. The van der Waals surface area contributed by atoms with Crippen LogP contribution in [0.4, 0.5) is 0 Å². The molecule has 0 radical (unpaired) electrons. The van der Waals surface area contributed by atoms with Gasteiger partial charge in [0.2, 0.25) is 11.8 Å². The fourth-order valence-corrected chi connectivity index (χ4v) is 5.18. The third-order valence-electron chi connectivity index (χ3n) is 6.10. The van der Waals surface area contributed by atoms with Crippen molar-refractivity contribution in [1.82, 2.24) is 20.0 Å². The summed E-state index contributed by atoms with van der Waals surface area (Å²) in [6, 6.07) is 4.54. The molecule has 2 amide bonds. The molecular weight excluding hydrogens is 360 g/mol. The van der Waals surface area contributed by atoms with Gasteiger partial charge in [0, 0.05) is 56.1 Å². The Labute approximate surface area is 166 Å². The van der Waals surface area contributed by atoms with Crippen molar-refractivity contribution in [2.24, 2.45) is 0 Å². The summed E-state index contributed by atoms with van der Waals surface area (Å²) in [4.78, 5) is 33.0. The highest BCUT2D eigenvalue weighted by atomic mass is 32.1. The highest BCUT2D eigenvalue weighted by Gasteiger charge is 2.44. The van der Waals surface area contributed by atoms with Gasteiger partial charge in [-0.05, 0) is 45.2 Å². The van der Waals surface area contributed by atoms with Gasteiger partial charge in [-0.2, -0.15) is 0 Å². The maximum atomic E-state index is 12.8. The summed E-state index contributed by atoms with van der Waals surface area (Å²) in [6.07, 6.45) is 2.34. The van der Waals surface area contributed by atoms with E-state index < -0.39 is 0 Å². The van der Waals surface area contributed by atoms with Gasteiger partial charge >= 0.3 is 0 Å². The number of likely N-dealkylation sites (tertiary alicyclic amines) is 1. The lowest BCUT2D eigenvalue weighted by molar-refractivity contribution is -0.131. The standard InChI is InChI=1S/C20H32N4O2S/c1-4-23(5-2)18(25)9-8-15-13-21-20(26)19-17(22(15)3)10-11-24(19)14-16-7-6-12-27-16/h6-7,12,15,17,19H,4-5,8-11,13-14H2,1-3H3,(H,21,26)/t15-,17+,19-/m0/s1. The molecule has 0 aliphatic carbocycles. The van der Waals surface area contributed by atoms with Crippen LogP contribution in [0.2, 0.25) is 0 Å². The Bertz CT molecular complexity index is 632. The van der Waals surface area contributed by atoms with Crippen LogP contribution in [0.15, 0.2) is 17.5 Å². The van der Waals surface area contributed by atoms with Crippen LogP contribution in [0, 0.1) is 0 Å². The van der Waals surface area contributed by atoms with Crippen LogP contribution in [0.25, 0.3) is 0 Å². The van der Waals surface area contributed by atoms with Crippen molar-refractivity contribution in [3.05, 3.63) is 22.4 Å². The first-order valence-corrected chi connectivity index (χ1v) is 11.0. The molecule has 0 saturated carbocycles. The maximum Gasteiger partial charge on any atom is 0.239 e. The minimum absolute atomic E-state index is 0.0967. The largest absolute Gasteiger partial charge is 0.353 e. The first-order chi connectivity index (χ1) is 13.0. The fourth-order valence-electron chi connectivity index (χ4n) is 4.45. The van der Waals surface area contributed by atoms with E-state index >= 15 is 0 Å². The maximum absolute atomic E-state index is 12.8. The molecule has 3 rings (SSSR count). The first-order valence-electron chi connectivity index (χ1n) is 10.1. The Morgan fingerprint density at radius 3 is 2.81 bits per heavy atom. The summed E-state index contributed by atoms with van der Waals surface area (Å²) in [7, 11) is 2.12. The summed E-state index contributed by atoms with van der Waals surface area (Å²) in [5.41, 5.74) is 0. The van der Waals surface area contributed by atoms with E-state index in [2.05, 4.69) is 39.7 Å². The van der Waals surface area contributed by atoms with E-state index in [4.69, 9.17) is 0 Å². The number of nitrogens with zero attached hydrogens (tertiary/aromatic N) is 3. The number of hydrogen-bond acceptors (Lipinski definition) is 5. The lowest BCUT2D eigenvalue weighted by atomic mass is 10.0. The molecule has 3 atom stereocenters. The number of rotatable bonds is 7. The van der Waals surface area contributed by atoms with Crippen LogP contribution in [0.3, 0.4) is 0 Å². The van der Waals surface area contributed by atoms with Gasteiger partial charge in [0.25, 0.3) is 0 Å². The van der Waals surface area contributed by atoms with E-state index in [-0.39, 0.29) is 29.9 Å². The molecule has 6 nitrogen and oxygen atoms in total. The predicted octanol–water partition coefficient (Wildman–Crippen LogP) is 1.77. The second-order valence-corrected chi connectivity index (χ2v) is 8.55. The highest BCUT2D eigenvalue weighted by molar-refractivity contribution is 7.09. The zero-order valence-corrected chi connectivity index (χ0v) is 17.5. The van der Waals surface area contributed by atoms with Crippen LogP contribution in [0.5, 0.6) is 0 Å². The minimum Gasteiger partial charge on any atom is -0.353 e. The normalized spacial score (nSPS) is 26.5. The molecule has 2 fully saturated rings. The average Bonchev–Trinajstić information content (AvgIpc) is 3.30. The van der Waals surface area contributed by atoms with Gasteiger partial charge < -0.3 is 10.2 Å². The number of hydrogen-bond donors (Lipinski definition) is 1. The lowest BCUT2D eigenvalue weighted by Crippen LogP contribution is -2.49. The molecule has 1 aromatic heterocycles. The van der Waals surface area contributed by atoms with Crippen molar-refractivity contribution in [2.45, 2.75) is 57.8 Å². The van der Waals surface area contributed by atoms with Crippen molar-refractivity contribution in [3.8, 4) is 0 Å². The molecule has 1 aromatic rings. The molecule has 0 spiro atoms. The molecule has 2 aliphatic heterocycles. The SMILES string of the molecule is CCN(CC)C(=O)CC[C@H]1CNC(=O)[C@@H]2[C@@H](CCN2Cc2cccs2)N1C. The highest BCUT2D eigenvalue weighted by Crippen LogP contribution is 2.29. The smallest absolute Gasteiger partial charge is 0.239 e. The number of thiophene rings is 1. The number of carbonyl (C=O) groups is 2. The molecule has 0 aromatic carbocycles. The number of carbonyl (C=O) groups excluding carboxylic acids is 2. The van der Waals surface area contributed by atoms with E-state index in [1.165, 1.54) is 4.88 Å². The van der Waals surface area contributed by atoms with Crippen LogP contribution in [-0.2, 0) is 16.1 Å². The van der Waals surface area contributed by atoms with Crippen LogP contribution >= 0.6 is 11.3 Å². The quantitative estimate of drug-likeness (QED) is 0.768. The third kappa shape index (κ3) is 4.52. The molecule has 0 unspecified atom stereocenters. The topological polar surface area (TPSA) is 55.9 Å². The van der Waals surface area contributed by atoms with Gasteiger partial charge in [-0.3, -0.25) is 19.4 Å². The molecule has 0 bridgehead atoms. The van der Waals surface area contributed by atoms with E-state index in [0.29, 0.717) is 13.0 Å². The molecule has 2 aliphatic rings. The first kappa shape index (κ1) is 20.3. The number of likely N-dealkylation sites (N-methyl/N-ethyl adjacent to an activating group) is 1. The van der Waals surface area contributed by atoms with E-state index in [1.807, 2.05) is 18.7 Å². The Kier molecular flexibility index (Phi) is 6.89. The van der Waals surface area contributed by atoms with Gasteiger partial charge in [-0.15, -0.1) is 11.3 Å². The number of fused-ring (bicyclic) bond motifs is 1. The monoisotopic (exact) mass is 392 g/mol. The van der Waals surface area contributed by atoms with Gasteiger partial charge in [0.1, 0.15) is 6.04 Å². The van der Waals surface area contributed by atoms with E-state index in [1.54, 1.807) is 11.3 Å². The minimum atomic E-state index is -0.0967. The summed E-state index contributed by atoms with van der Waals surface area (Å²) in [5, 5.41) is 5.23. The van der Waals surface area contributed by atoms with Gasteiger partial charge in [0.05, 0.1) is 0 Å². The summed E-state index contributed by atoms with van der Waals surface area (Å²) >= 11 is 1.75. The van der Waals surface area contributed by atoms with Gasteiger partial charge in [-0.25, -0.2) is 0 Å². The number of nitrogens with one attached hydrogen (secondary N) is 1. The van der Waals surface area contributed by atoms with Crippen molar-refractivity contribution in [3.63, 3.8) is 0 Å². The zero-order valence-electron chi connectivity index (χ0n) is 16.7. The Hall–Kier alpha value is -1.44. The van der Waals surface area contributed by atoms with Gasteiger partial charge in [0.15, 0.2) is 0 Å². The van der Waals surface area contributed by atoms with Crippen LogP contribution < -0.4 is 5.32 Å². The zero-order chi connectivity index (χ0) is 19.4. The molecule has 2 saturated heterocycles. The molecule has 27 heavy (non-hydrogen) atoms. The number of amides is 2. The van der Waals surface area contributed by atoms with Crippen molar-refractivity contribution in [1.29, 1.82) is 0 Å². The molecule has 7 heteroatoms. The average molecular weight is 393 g/mol. The Morgan fingerprint density at radius 1 is 1.37 bits per heavy atom. The second-order valence-electron chi connectivity index (χ2n) is 7.52. The third-order valence-corrected chi connectivity index (χ3v) is 6.96.